The van der Waals surface area contributed by atoms with Crippen LogP contribution in [-0.4, -0.2) is 30.3 Å². The average molecular weight is 309 g/mol. The van der Waals surface area contributed by atoms with Crippen LogP contribution in [0.4, 0.5) is 5.69 Å². The molecular formula is C16H21ClN2O2. The van der Waals surface area contributed by atoms with E-state index in [4.69, 9.17) is 11.6 Å². The molecule has 0 aromatic heterocycles. The number of para-hydroxylation sites is 1. The molecule has 0 bridgehead atoms. The molecule has 4 nitrogen and oxygen atoms in total. The van der Waals surface area contributed by atoms with Crippen molar-refractivity contribution in [3.05, 3.63) is 29.8 Å². The Hall–Kier alpha value is -1.55. The smallest absolute Gasteiger partial charge is 0.243 e. The molecule has 5 heteroatoms. The van der Waals surface area contributed by atoms with Crippen LogP contribution >= 0.6 is 11.6 Å². The third kappa shape index (κ3) is 2.91. The maximum Gasteiger partial charge on any atom is 0.243 e. The summed E-state index contributed by atoms with van der Waals surface area (Å²) in [6.07, 6.45) is 0.548. The quantitative estimate of drug-likeness (QED) is 0.868. The first-order valence-corrected chi connectivity index (χ1v) is 7.71. The minimum Gasteiger partial charge on any atom is -0.355 e. The molecule has 0 fully saturated rings. The van der Waals surface area contributed by atoms with Crippen LogP contribution < -0.4 is 10.2 Å². The SMILES string of the molecule is CCNC(=O)C1Cc2ccccc2N1C(=O)C(C)(C)CCl. The second kappa shape index (κ2) is 6.06. The van der Waals surface area contributed by atoms with Gasteiger partial charge in [-0.05, 0) is 32.4 Å². The van der Waals surface area contributed by atoms with Crippen molar-refractivity contribution in [2.75, 3.05) is 17.3 Å². The molecule has 0 radical (unpaired) electrons. The average Bonchev–Trinajstić information content (AvgIpc) is 2.86. The van der Waals surface area contributed by atoms with E-state index in [1.54, 1.807) is 18.7 Å². The topological polar surface area (TPSA) is 49.4 Å². The van der Waals surface area contributed by atoms with Gasteiger partial charge in [-0.15, -0.1) is 11.6 Å². The minimum atomic E-state index is -0.705. The van der Waals surface area contributed by atoms with Crippen molar-refractivity contribution in [3.8, 4) is 0 Å². The number of nitrogens with one attached hydrogen (secondary N) is 1. The number of fused-ring (bicyclic) bond motifs is 1. The standard InChI is InChI=1S/C16H21ClN2O2/c1-4-18-14(20)13-9-11-7-5-6-8-12(11)19(13)15(21)16(2,3)10-17/h5-8,13H,4,9-10H2,1-3H3,(H,18,20). The second-order valence-corrected chi connectivity index (χ2v) is 6.20. The van der Waals surface area contributed by atoms with E-state index >= 15 is 0 Å². The van der Waals surface area contributed by atoms with Crippen LogP contribution in [0.1, 0.15) is 26.3 Å². The fourth-order valence-corrected chi connectivity index (χ4v) is 2.64. The molecular weight excluding hydrogens is 288 g/mol. The lowest BCUT2D eigenvalue weighted by Crippen LogP contribution is -2.52. The zero-order valence-electron chi connectivity index (χ0n) is 12.6. The van der Waals surface area contributed by atoms with Crippen LogP contribution in [0.3, 0.4) is 0 Å². The van der Waals surface area contributed by atoms with Crippen LogP contribution in [0.5, 0.6) is 0 Å². The fourth-order valence-electron chi connectivity index (χ4n) is 2.52. The first kappa shape index (κ1) is 15.8. The van der Waals surface area contributed by atoms with Gasteiger partial charge in [0.15, 0.2) is 0 Å². The molecule has 1 unspecified atom stereocenters. The number of carbonyl (C=O) groups excluding carboxylic acids is 2. The van der Waals surface area contributed by atoms with Gasteiger partial charge in [-0.2, -0.15) is 0 Å². The van der Waals surface area contributed by atoms with Crippen molar-refractivity contribution in [1.29, 1.82) is 0 Å². The lowest BCUT2D eigenvalue weighted by Gasteiger charge is -2.31. The van der Waals surface area contributed by atoms with E-state index in [2.05, 4.69) is 5.32 Å². The highest BCUT2D eigenvalue weighted by Gasteiger charge is 2.42. The summed E-state index contributed by atoms with van der Waals surface area (Å²) in [5.41, 5.74) is 1.13. The molecule has 21 heavy (non-hydrogen) atoms. The molecule has 0 saturated carbocycles. The monoisotopic (exact) mass is 308 g/mol. The number of amides is 2. The molecule has 1 heterocycles. The van der Waals surface area contributed by atoms with Crippen LogP contribution in [0.15, 0.2) is 24.3 Å². The van der Waals surface area contributed by atoms with Gasteiger partial charge in [0.05, 0.1) is 5.41 Å². The normalized spacial score (nSPS) is 17.5. The summed E-state index contributed by atoms with van der Waals surface area (Å²) in [5.74, 6) is -0.0155. The van der Waals surface area contributed by atoms with Crippen LogP contribution in [0.25, 0.3) is 0 Å². The van der Waals surface area contributed by atoms with E-state index in [0.29, 0.717) is 13.0 Å². The van der Waals surface area contributed by atoms with Gasteiger partial charge in [-0.3, -0.25) is 14.5 Å². The Kier molecular flexibility index (Phi) is 4.57. The van der Waals surface area contributed by atoms with Gasteiger partial charge >= 0.3 is 0 Å². The summed E-state index contributed by atoms with van der Waals surface area (Å²) in [4.78, 5) is 26.8. The van der Waals surface area contributed by atoms with Crippen LogP contribution in [-0.2, 0) is 16.0 Å². The number of rotatable bonds is 4. The number of benzene rings is 1. The van der Waals surface area contributed by atoms with Crippen LogP contribution in [0.2, 0.25) is 0 Å². The maximum atomic E-state index is 12.8. The van der Waals surface area contributed by atoms with Gasteiger partial charge in [-0.1, -0.05) is 18.2 Å². The van der Waals surface area contributed by atoms with E-state index in [1.165, 1.54) is 0 Å². The second-order valence-electron chi connectivity index (χ2n) is 5.94. The van der Waals surface area contributed by atoms with E-state index in [0.717, 1.165) is 11.3 Å². The molecule has 0 saturated heterocycles. The first-order chi connectivity index (χ1) is 9.92. The number of alkyl halides is 1. The van der Waals surface area contributed by atoms with Gasteiger partial charge in [0, 0.05) is 24.5 Å². The Morgan fingerprint density at radius 1 is 1.38 bits per heavy atom. The lowest BCUT2D eigenvalue weighted by atomic mass is 9.93. The highest BCUT2D eigenvalue weighted by molar-refractivity contribution is 6.21. The molecule has 1 aromatic rings. The highest BCUT2D eigenvalue weighted by Crippen LogP contribution is 2.36. The molecule has 1 aromatic carbocycles. The number of carbonyl (C=O) groups is 2. The molecule has 1 aliphatic rings. The van der Waals surface area contributed by atoms with Crippen molar-refractivity contribution >= 4 is 29.1 Å². The molecule has 1 N–H and O–H groups in total. The Bertz CT molecular complexity index is 557. The Morgan fingerprint density at radius 2 is 2.05 bits per heavy atom. The van der Waals surface area contributed by atoms with Crippen molar-refractivity contribution in [1.82, 2.24) is 5.32 Å². The van der Waals surface area contributed by atoms with Crippen molar-refractivity contribution in [3.63, 3.8) is 0 Å². The number of hydrogen-bond donors (Lipinski definition) is 1. The lowest BCUT2D eigenvalue weighted by molar-refractivity contribution is -0.129. The minimum absolute atomic E-state index is 0.112. The van der Waals surface area contributed by atoms with Crippen molar-refractivity contribution < 1.29 is 9.59 Å². The third-order valence-corrected chi connectivity index (χ3v) is 4.43. The number of hydrogen-bond acceptors (Lipinski definition) is 2. The predicted octanol–water partition coefficient (Wildman–Crippen LogP) is 2.35. The molecule has 1 atom stereocenters. The zero-order chi connectivity index (χ0) is 15.6. The molecule has 1 aliphatic heterocycles. The molecule has 114 valence electrons. The highest BCUT2D eigenvalue weighted by atomic mass is 35.5. The summed E-state index contributed by atoms with van der Waals surface area (Å²) in [7, 11) is 0. The summed E-state index contributed by atoms with van der Waals surface area (Å²) in [6, 6.07) is 7.16. The third-order valence-electron chi connectivity index (χ3n) is 3.76. The zero-order valence-corrected chi connectivity index (χ0v) is 13.4. The molecule has 2 rings (SSSR count). The Labute approximate surface area is 130 Å². The summed E-state index contributed by atoms with van der Waals surface area (Å²) in [6.45, 7) is 6.03. The van der Waals surface area contributed by atoms with E-state index in [-0.39, 0.29) is 17.7 Å². The van der Waals surface area contributed by atoms with E-state index in [1.807, 2.05) is 31.2 Å². The number of likely N-dealkylation sites (N-methyl/N-ethyl adjacent to an activating group) is 1. The van der Waals surface area contributed by atoms with Gasteiger partial charge in [0.25, 0.3) is 0 Å². The summed E-state index contributed by atoms with van der Waals surface area (Å²) < 4.78 is 0. The first-order valence-electron chi connectivity index (χ1n) is 7.17. The van der Waals surface area contributed by atoms with E-state index < -0.39 is 11.5 Å². The summed E-state index contributed by atoms with van der Waals surface area (Å²) >= 11 is 5.93. The number of anilines is 1. The van der Waals surface area contributed by atoms with Crippen LogP contribution in [0, 0.1) is 5.41 Å². The maximum absolute atomic E-state index is 12.8. The van der Waals surface area contributed by atoms with Gasteiger partial charge < -0.3 is 5.32 Å². The largest absolute Gasteiger partial charge is 0.355 e. The molecule has 2 amide bonds. The van der Waals surface area contributed by atoms with Gasteiger partial charge in [0.2, 0.25) is 11.8 Å². The van der Waals surface area contributed by atoms with Gasteiger partial charge in [-0.25, -0.2) is 0 Å². The van der Waals surface area contributed by atoms with Crippen molar-refractivity contribution in [2.45, 2.75) is 33.2 Å². The number of nitrogens with zero attached hydrogens (tertiary/aromatic N) is 1. The fraction of sp³-hybridized carbons (Fsp3) is 0.500. The summed E-state index contributed by atoms with van der Waals surface area (Å²) in [5, 5.41) is 2.81. The predicted molar refractivity (Wildman–Crippen MR) is 84.6 cm³/mol. The van der Waals surface area contributed by atoms with E-state index in [9.17, 15) is 9.59 Å². The van der Waals surface area contributed by atoms with Gasteiger partial charge in [0.1, 0.15) is 6.04 Å². The van der Waals surface area contributed by atoms with Crippen molar-refractivity contribution in [2.24, 2.45) is 5.41 Å². The molecule has 0 spiro atoms. The molecule has 0 aliphatic carbocycles. The number of halogens is 1. The Morgan fingerprint density at radius 3 is 2.67 bits per heavy atom. The Balaban J connectivity index is 2.41.